The monoisotopic (exact) mass is 230 g/mol. The molecule has 6 nitrogen and oxygen atoms in total. The zero-order valence-corrected chi connectivity index (χ0v) is 9.17. The molecule has 0 spiro atoms. The van der Waals surface area contributed by atoms with E-state index in [1.165, 1.54) is 13.8 Å². The molecule has 2 heterocycles. The van der Waals surface area contributed by atoms with Gasteiger partial charge in [-0.25, -0.2) is 0 Å². The summed E-state index contributed by atoms with van der Waals surface area (Å²) in [5.41, 5.74) is 0. The van der Waals surface area contributed by atoms with E-state index in [2.05, 4.69) is 0 Å². The minimum Gasteiger partial charge on any atom is -0.457 e. The second-order valence-corrected chi connectivity index (χ2v) is 3.89. The van der Waals surface area contributed by atoms with Gasteiger partial charge in [0, 0.05) is 13.8 Å². The third kappa shape index (κ3) is 2.17. The number of fused-ring (bicyclic) bond motifs is 1. The molecule has 0 N–H and O–H groups in total. The summed E-state index contributed by atoms with van der Waals surface area (Å²) >= 11 is 0. The van der Waals surface area contributed by atoms with E-state index in [-0.39, 0.29) is 37.4 Å². The predicted octanol–water partition coefficient (Wildman–Crippen LogP) is -0.353. The topological polar surface area (TPSA) is 71.1 Å². The Bertz CT molecular complexity index is 272. The minimum atomic E-state index is -0.400. The fraction of sp³-hybridized carbons (Fsp3) is 0.800. The lowest BCUT2D eigenvalue weighted by molar-refractivity contribution is -0.152. The van der Waals surface area contributed by atoms with Gasteiger partial charge in [-0.1, -0.05) is 0 Å². The number of carbonyl (C=O) groups excluding carboxylic acids is 2. The lowest BCUT2D eigenvalue weighted by Gasteiger charge is -2.16. The average Bonchev–Trinajstić information content (AvgIpc) is 2.70. The van der Waals surface area contributed by atoms with E-state index in [4.69, 9.17) is 18.9 Å². The van der Waals surface area contributed by atoms with E-state index in [1.807, 2.05) is 0 Å². The van der Waals surface area contributed by atoms with Gasteiger partial charge in [-0.3, -0.25) is 9.59 Å². The maximum atomic E-state index is 10.8. The third-order valence-electron chi connectivity index (χ3n) is 2.60. The molecule has 0 amide bonds. The Morgan fingerprint density at radius 2 is 1.31 bits per heavy atom. The highest BCUT2D eigenvalue weighted by Crippen LogP contribution is 2.30. The molecular weight excluding hydrogens is 216 g/mol. The van der Waals surface area contributed by atoms with Crippen molar-refractivity contribution < 1.29 is 28.5 Å². The van der Waals surface area contributed by atoms with Crippen molar-refractivity contribution in [3.63, 3.8) is 0 Å². The van der Waals surface area contributed by atoms with Gasteiger partial charge in [0.1, 0.15) is 12.2 Å². The van der Waals surface area contributed by atoms with Gasteiger partial charge in [-0.05, 0) is 0 Å². The summed E-state index contributed by atoms with van der Waals surface area (Å²) in [5.74, 6) is -0.734. The molecule has 16 heavy (non-hydrogen) atoms. The highest BCUT2D eigenvalue weighted by Gasteiger charge is 2.50. The molecule has 2 aliphatic heterocycles. The second kappa shape index (κ2) is 4.39. The fourth-order valence-electron chi connectivity index (χ4n) is 2.06. The normalized spacial score (nSPS) is 36.9. The van der Waals surface area contributed by atoms with E-state index in [0.29, 0.717) is 0 Å². The van der Waals surface area contributed by atoms with E-state index < -0.39 is 12.2 Å². The molecule has 4 atom stereocenters. The Hall–Kier alpha value is -1.14. The number of ether oxygens (including phenoxy) is 4. The van der Waals surface area contributed by atoms with E-state index in [9.17, 15) is 9.59 Å². The minimum absolute atomic E-state index is 0.284. The van der Waals surface area contributed by atoms with Crippen LogP contribution in [0.1, 0.15) is 13.8 Å². The summed E-state index contributed by atoms with van der Waals surface area (Å²) in [7, 11) is 0. The van der Waals surface area contributed by atoms with Crippen molar-refractivity contribution in [2.75, 3.05) is 13.2 Å². The van der Waals surface area contributed by atoms with Crippen LogP contribution in [0.3, 0.4) is 0 Å². The molecule has 90 valence electrons. The maximum Gasteiger partial charge on any atom is 0.303 e. The molecule has 0 aliphatic carbocycles. The van der Waals surface area contributed by atoms with Crippen molar-refractivity contribution in [1.29, 1.82) is 0 Å². The summed E-state index contributed by atoms with van der Waals surface area (Å²) < 4.78 is 20.9. The maximum absolute atomic E-state index is 10.8. The summed E-state index contributed by atoms with van der Waals surface area (Å²) in [6.45, 7) is 3.25. The molecule has 6 heteroatoms. The number of hydrogen-bond donors (Lipinski definition) is 0. The molecule has 2 rings (SSSR count). The summed E-state index contributed by atoms with van der Waals surface area (Å²) in [6.07, 6.45) is -1.45. The van der Waals surface area contributed by atoms with Gasteiger partial charge in [0.05, 0.1) is 13.2 Å². The highest BCUT2D eigenvalue weighted by atomic mass is 16.7. The molecule has 0 unspecified atom stereocenters. The van der Waals surface area contributed by atoms with Crippen molar-refractivity contribution >= 4 is 11.9 Å². The van der Waals surface area contributed by atoms with Crippen molar-refractivity contribution in [1.82, 2.24) is 0 Å². The standard InChI is InChI=1S/C10H14O6/c1-5(11)15-7-3-13-10-8(16-6(2)12)4-14-9(7)10/h7-10H,3-4H2,1-2H3/t7-,8-,9-,10-/m1/s1. The fourth-order valence-corrected chi connectivity index (χ4v) is 2.06. The Morgan fingerprint density at radius 1 is 0.938 bits per heavy atom. The van der Waals surface area contributed by atoms with Crippen molar-refractivity contribution in [2.24, 2.45) is 0 Å². The molecule has 0 aromatic heterocycles. The average molecular weight is 230 g/mol. The van der Waals surface area contributed by atoms with Crippen LogP contribution in [-0.2, 0) is 28.5 Å². The van der Waals surface area contributed by atoms with Gasteiger partial charge in [0.2, 0.25) is 0 Å². The van der Waals surface area contributed by atoms with Crippen molar-refractivity contribution in [2.45, 2.75) is 38.3 Å². The Balaban J connectivity index is 1.95. The van der Waals surface area contributed by atoms with Crippen LogP contribution < -0.4 is 0 Å². The Morgan fingerprint density at radius 3 is 1.62 bits per heavy atom. The SMILES string of the molecule is CC(=O)O[C@@H]1CO[C@H]2[C@@H]1OC[C@H]2OC(C)=O. The molecular formula is C10H14O6. The van der Waals surface area contributed by atoms with Gasteiger partial charge < -0.3 is 18.9 Å². The van der Waals surface area contributed by atoms with E-state index >= 15 is 0 Å². The summed E-state index contributed by atoms with van der Waals surface area (Å²) in [5, 5.41) is 0. The first-order valence-corrected chi connectivity index (χ1v) is 5.15. The lowest BCUT2D eigenvalue weighted by atomic mass is 10.1. The largest absolute Gasteiger partial charge is 0.457 e. The number of hydrogen-bond acceptors (Lipinski definition) is 6. The second-order valence-electron chi connectivity index (χ2n) is 3.89. The van der Waals surface area contributed by atoms with Gasteiger partial charge in [0.25, 0.3) is 0 Å². The number of esters is 2. The van der Waals surface area contributed by atoms with E-state index in [1.54, 1.807) is 0 Å². The zero-order valence-electron chi connectivity index (χ0n) is 9.17. The Labute approximate surface area is 92.8 Å². The molecule has 0 saturated carbocycles. The van der Waals surface area contributed by atoms with Crippen LogP contribution in [0.25, 0.3) is 0 Å². The molecule has 2 aliphatic rings. The Kier molecular flexibility index (Phi) is 3.11. The van der Waals surface area contributed by atoms with Crippen LogP contribution in [0.2, 0.25) is 0 Å². The summed E-state index contributed by atoms with van der Waals surface area (Å²) in [6, 6.07) is 0. The van der Waals surface area contributed by atoms with Crippen LogP contribution in [0.5, 0.6) is 0 Å². The molecule has 0 bridgehead atoms. The molecule has 0 aromatic carbocycles. The zero-order chi connectivity index (χ0) is 11.7. The smallest absolute Gasteiger partial charge is 0.303 e. The first kappa shape index (κ1) is 11.3. The molecule has 2 fully saturated rings. The first-order valence-electron chi connectivity index (χ1n) is 5.15. The van der Waals surface area contributed by atoms with E-state index in [0.717, 1.165) is 0 Å². The molecule has 2 saturated heterocycles. The quantitative estimate of drug-likeness (QED) is 0.604. The van der Waals surface area contributed by atoms with Crippen LogP contribution in [-0.4, -0.2) is 49.6 Å². The van der Waals surface area contributed by atoms with Gasteiger partial charge in [-0.2, -0.15) is 0 Å². The van der Waals surface area contributed by atoms with Crippen LogP contribution in [0, 0.1) is 0 Å². The highest BCUT2D eigenvalue weighted by molar-refractivity contribution is 5.66. The van der Waals surface area contributed by atoms with Crippen LogP contribution in [0.15, 0.2) is 0 Å². The van der Waals surface area contributed by atoms with Gasteiger partial charge in [-0.15, -0.1) is 0 Å². The van der Waals surface area contributed by atoms with Crippen LogP contribution in [0.4, 0.5) is 0 Å². The van der Waals surface area contributed by atoms with Crippen molar-refractivity contribution in [3.8, 4) is 0 Å². The molecule has 0 radical (unpaired) electrons. The van der Waals surface area contributed by atoms with Gasteiger partial charge >= 0.3 is 11.9 Å². The third-order valence-corrected chi connectivity index (χ3v) is 2.60. The number of rotatable bonds is 2. The van der Waals surface area contributed by atoms with Crippen LogP contribution >= 0.6 is 0 Å². The van der Waals surface area contributed by atoms with Crippen molar-refractivity contribution in [3.05, 3.63) is 0 Å². The molecule has 0 aromatic rings. The lowest BCUT2D eigenvalue weighted by Crippen LogP contribution is -2.35. The number of carbonyl (C=O) groups is 2. The predicted molar refractivity (Wildman–Crippen MR) is 50.6 cm³/mol. The van der Waals surface area contributed by atoms with Gasteiger partial charge in [0.15, 0.2) is 12.2 Å². The first-order chi connectivity index (χ1) is 7.58. The summed E-state index contributed by atoms with van der Waals surface area (Å²) in [4.78, 5) is 21.7.